The molecule has 146 valence electrons. The smallest absolute Gasteiger partial charge is 0.438 e. The van der Waals surface area contributed by atoms with Crippen LogP contribution in [0.4, 0.5) is 10.5 Å². The molecule has 8 heteroatoms. The topological polar surface area (TPSA) is 65.8 Å². The number of rotatable bonds is 6. The first-order valence-electron chi connectivity index (χ1n) is 8.46. The van der Waals surface area contributed by atoms with Gasteiger partial charge in [0.2, 0.25) is 5.88 Å². The molecule has 0 N–H and O–H groups in total. The van der Waals surface area contributed by atoms with Crippen LogP contribution < -0.4 is 9.80 Å². The van der Waals surface area contributed by atoms with Crippen LogP contribution >= 0.6 is 11.6 Å². The van der Waals surface area contributed by atoms with Crippen LogP contribution in [0.15, 0.2) is 54.6 Å². The molecule has 3 aromatic rings. The lowest BCUT2D eigenvalue weighted by Gasteiger charge is -2.21. The van der Waals surface area contributed by atoms with Gasteiger partial charge in [-0.3, -0.25) is 4.84 Å². The van der Waals surface area contributed by atoms with E-state index < -0.39 is 6.09 Å². The third-order valence-electron chi connectivity index (χ3n) is 4.09. The van der Waals surface area contributed by atoms with Gasteiger partial charge in [0.15, 0.2) is 0 Å². The van der Waals surface area contributed by atoms with Crippen molar-refractivity contribution in [2.24, 2.45) is 7.05 Å². The van der Waals surface area contributed by atoms with Gasteiger partial charge in [-0.2, -0.15) is 10.2 Å². The number of amides is 1. The molecule has 0 atom stereocenters. The number of hydrogen-bond acceptors (Lipinski definition) is 5. The second-order valence-corrected chi connectivity index (χ2v) is 6.30. The number of nitrogens with zero attached hydrogens (tertiary/aromatic N) is 3. The average molecular weight is 402 g/mol. The summed E-state index contributed by atoms with van der Waals surface area (Å²) >= 11 is 5.94. The molecule has 2 aromatic carbocycles. The van der Waals surface area contributed by atoms with E-state index in [0.29, 0.717) is 16.6 Å². The molecule has 1 aromatic heterocycles. The summed E-state index contributed by atoms with van der Waals surface area (Å²) in [6.07, 6.45) is -0.625. The van der Waals surface area contributed by atoms with Crippen LogP contribution in [-0.2, 0) is 23.2 Å². The van der Waals surface area contributed by atoms with E-state index in [1.807, 2.05) is 42.5 Å². The summed E-state index contributed by atoms with van der Waals surface area (Å²) in [5.74, 6) is 0.585. The highest BCUT2D eigenvalue weighted by atomic mass is 35.5. The van der Waals surface area contributed by atoms with Crippen LogP contribution in [0, 0.1) is 0 Å². The first-order chi connectivity index (χ1) is 13.5. The number of ether oxygens (including phenoxy) is 2. The molecule has 0 spiro atoms. The van der Waals surface area contributed by atoms with Gasteiger partial charge in [-0.25, -0.2) is 9.48 Å². The number of aromatic nitrogens is 2. The molecule has 3 rings (SSSR count). The standard InChI is InChI=1S/C20H20ClN3O4/c1-23-19(12-17(22-23)14-8-10-16(21)11-9-14)28-13-15-6-4-5-7-18(15)24(27-3)20(25)26-2/h4-12H,13H2,1-3H3. The van der Waals surface area contributed by atoms with Gasteiger partial charge in [0, 0.05) is 29.3 Å². The van der Waals surface area contributed by atoms with Crippen molar-refractivity contribution in [3.05, 3.63) is 65.2 Å². The predicted octanol–water partition coefficient (Wildman–Crippen LogP) is 4.45. The first kappa shape index (κ1) is 19.7. The van der Waals surface area contributed by atoms with Crippen LogP contribution in [0.1, 0.15) is 5.56 Å². The number of hydroxylamine groups is 1. The second-order valence-electron chi connectivity index (χ2n) is 5.86. The molecule has 1 heterocycles. The molecule has 0 aliphatic heterocycles. The third kappa shape index (κ3) is 4.27. The van der Waals surface area contributed by atoms with Crippen molar-refractivity contribution in [2.75, 3.05) is 19.3 Å². The molecule has 0 unspecified atom stereocenters. The van der Waals surface area contributed by atoms with Gasteiger partial charge >= 0.3 is 6.09 Å². The Morgan fingerprint density at radius 3 is 2.54 bits per heavy atom. The molecule has 7 nitrogen and oxygen atoms in total. The van der Waals surface area contributed by atoms with Gasteiger partial charge in [-0.15, -0.1) is 0 Å². The zero-order valence-electron chi connectivity index (χ0n) is 15.8. The lowest BCUT2D eigenvalue weighted by atomic mass is 10.1. The molecule has 0 saturated heterocycles. The van der Waals surface area contributed by atoms with Gasteiger partial charge in [-0.1, -0.05) is 41.9 Å². The second kappa shape index (κ2) is 8.77. The zero-order valence-corrected chi connectivity index (χ0v) is 16.5. The van der Waals surface area contributed by atoms with Crippen molar-refractivity contribution in [3.8, 4) is 17.1 Å². The Bertz CT molecular complexity index is 956. The minimum Gasteiger partial charge on any atom is -0.473 e. The van der Waals surface area contributed by atoms with Gasteiger partial charge in [0.1, 0.15) is 6.61 Å². The zero-order chi connectivity index (χ0) is 20.1. The fraction of sp³-hybridized carbons (Fsp3) is 0.200. The summed E-state index contributed by atoms with van der Waals surface area (Å²) in [4.78, 5) is 17.1. The van der Waals surface area contributed by atoms with E-state index in [9.17, 15) is 4.79 Å². The number of carbonyl (C=O) groups excluding carboxylic acids is 1. The number of para-hydroxylation sites is 1. The van der Waals surface area contributed by atoms with E-state index >= 15 is 0 Å². The van der Waals surface area contributed by atoms with Crippen molar-refractivity contribution in [1.29, 1.82) is 0 Å². The number of hydrogen-bond donors (Lipinski definition) is 0. The van der Waals surface area contributed by atoms with Crippen molar-refractivity contribution < 1.29 is 19.1 Å². The highest BCUT2D eigenvalue weighted by Crippen LogP contribution is 2.26. The number of anilines is 1. The van der Waals surface area contributed by atoms with E-state index in [0.717, 1.165) is 21.9 Å². The molecule has 28 heavy (non-hydrogen) atoms. The van der Waals surface area contributed by atoms with Gasteiger partial charge < -0.3 is 9.47 Å². The molecule has 1 amide bonds. The molecular weight excluding hydrogens is 382 g/mol. The van der Waals surface area contributed by atoms with Crippen molar-refractivity contribution in [1.82, 2.24) is 9.78 Å². The largest absolute Gasteiger partial charge is 0.473 e. The third-order valence-corrected chi connectivity index (χ3v) is 4.34. The summed E-state index contributed by atoms with van der Waals surface area (Å²) in [6.45, 7) is 0.215. The Morgan fingerprint density at radius 1 is 1.14 bits per heavy atom. The highest BCUT2D eigenvalue weighted by molar-refractivity contribution is 6.30. The maximum Gasteiger partial charge on any atom is 0.438 e. The molecule has 0 saturated carbocycles. The Morgan fingerprint density at radius 2 is 1.86 bits per heavy atom. The van der Waals surface area contributed by atoms with Crippen LogP contribution in [0.5, 0.6) is 5.88 Å². The SMILES string of the molecule is COC(=O)N(OC)c1ccccc1COc1cc(-c2ccc(Cl)cc2)nn1C. The Kier molecular flexibility index (Phi) is 6.18. The van der Waals surface area contributed by atoms with Crippen molar-refractivity contribution in [3.63, 3.8) is 0 Å². The molecule has 0 radical (unpaired) electrons. The summed E-state index contributed by atoms with van der Waals surface area (Å²) in [6, 6.07) is 16.5. The number of halogens is 1. The maximum absolute atomic E-state index is 11.9. The van der Waals surface area contributed by atoms with E-state index in [1.54, 1.807) is 23.9 Å². The van der Waals surface area contributed by atoms with Gasteiger partial charge in [-0.05, 0) is 18.2 Å². The average Bonchev–Trinajstić information content (AvgIpc) is 3.08. The lowest BCUT2D eigenvalue weighted by Crippen LogP contribution is -2.30. The molecular formula is C20H20ClN3O4. The van der Waals surface area contributed by atoms with Gasteiger partial charge in [0.05, 0.1) is 25.6 Å². The Labute approximate surface area is 167 Å². The molecule has 0 aliphatic rings. The summed E-state index contributed by atoms with van der Waals surface area (Å²) in [5, 5.41) is 6.22. The summed E-state index contributed by atoms with van der Waals surface area (Å²) < 4.78 is 12.3. The molecule has 0 bridgehead atoms. The normalized spacial score (nSPS) is 10.6. The maximum atomic E-state index is 11.9. The van der Waals surface area contributed by atoms with Crippen LogP contribution in [0.2, 0.25) is 5.02 Å². The Balaban J connectivity index is 1.80. The number of aryl methyl sites for hydroxylation is 1. The quantitative estimate of drug-likeness (QED) is 0.571. The van der Waals surface area contributed by atoms with Crippen LogP contribution in [0.25, 0.3) is 11.3 Å². The Hall–Kier alpha value is -3.03. The number of benzene rings is 2. The van der Waals surface area contributed by atoms with E-state index in [1.165, 1.54) is 14.2 Å². The van der Waals surface area contributed by atoms with Gasteiger partial charge in [0.25, 0.3) is 0 Å². The summed E-state index contributed by atoms with van der Waals surface area (Å²) in [7, 11) is 4.49. The minimum atomic E-state index is -0.625. The van der Waals surface area contributed by atoms with E-state index in [-0.39, 0.29) is 6.61 Å². The lowest BCUT2D eigenvalue weighted by molar-refractivity contribution is 0.115. The number of methoxy groups -OCH3 is 1. The highest BCUT2D eigenvalue weighted by Gasteiger charge is 2.19. The number of carbonyl (C=O) groups is 1. The molecule has 0 fully saturated rings. The predicted molar refractivity (Wildman–Crippen MR) is 106 cm³/mol. The fourth-order valence-electron chi connectivity index (χ4n) is 2.68. The van der Waals surface area contributed by atoms with E-state index in [2.05, 4.69) is 5.10 Å². The fourth-order valence-corrected chi connectivity index (χ4v) is 2.81. The van der Waals surface area contributed by atoms with E-state index in [4.69, 9.17) is 25.9 Å². The monoisotopic (exact) mass is 401 g/mol. The summed E-state index contributed by atoms with van der Waals surface area (Å²) in [5.41, 5.74) is 3.00. The minimum absolute atomic E-state index is 0.215. The van der Waals surface area contributed by atoms with Crippen molar-refractivity contribution >= 4 is 23.4 Å². The first-order valence-corrected chi connectivity index (χ1v) is 8.84. The van der Waals surface area contributed by atoms with Crippen LogP contribution in [-0.4, -0.2) is 30.1 Å². The van der Waals surface area contributed by atoms with Crippen molar-refractivity contribution in [2.45, 2.75) is 6.61 Å². The molecule has 0 aliphatic carbocycles. The van der Waals surface area contributed by atoms with Crippen LogP contribution in [0.3, 0.4) is 0 Å².